The number of carbonyl (C=O) groups excluding carboxylic acids is 2. The molecule has 3 rings (SSSR count). The van der Waals surface area contributed by atoms with Crippen molar-refractivity contribution < 1.29 is 9.59 Å². The Labute approximate surface area is 186 Å². The van der Waals surface area contributed by atoms with E-state index in [0.29, 0.717) is 27.6 Å². The molecule has 10 heteroatoms. The lowest BCUT2D eigenvalue weighted by atomic mass is 9.96. The lowest BCUT2D eigenvalue weighted by molar-refractivity contribution is 0.218. The van der Waals surface area contributed by atoms with Crippen molar-refractivity contribution in [3.05, 3.63) is 23.0 Å². The van der Waals surface area contributed by atoms with Crippen LogP contribution >= 0.6 is 23.5 Å². The molecule has 1 aromatic carbocycles. The maximum Gasteiger partial charge on any atom is 0.329 e. The molecule has 2 amide bonds. The van der Waals surface area contributed by atoms with Crippen molar-refractivity contribution in [1.29, 1.82) is 0 Å². The molecular weight excluding hydrogens is 424 g/mol. The second kappa shape index (κ2) is 8.74. The first-order valence-electron chi connectivity index (χ1n) is 9.84. The molecule has 0 bridgehead atoms. The molecular formula is C20H29ClN6O2S. The highest BCUT2D eigenvalue weighted by Crippen LogP contribution is 2.33. The Balaban J connectivity index is 1.92. The molecule has 2 heterocycles. The van der Waals surface area contributed by atoms with Crippen LogP contribution in [0.4, 0.5) is 15.3 Å². The lowest BCUT2D eigenvalue weighted by Crippen LogP contribution is -2.41. The van der Waals surface area contributed by atoms with Gasteiger partial charge < -0.3 is 15.1 Å². The van der Waals surface area contributed by atoms with Crippen LogP contribution in [0.2, 0.25) is 5.02 Å². The Morgan fingerprint density at radius 1 is 1.17 bits per heavy atom. The number of aromatic nitrogens is 2. The van der Waals surface area contributed by atoms with Gasteiger partial charge in [-0.1, -0.05) is 32.4 Å². The zero-order valence-electron chi connectivity index (χ0n) is 18.3. The highest BCUT2D eigenvalue weighted by molar-refractivity contribution is 8.11. The van der Waals surface area contributed by atoms with Gasteiger partial charge in [0, 0.05) is 57.6 Å². The second-order valence-corrected chi connectivity index (χ2v) is 10.2. The third kappa shape index (κ3) is 4.91. The molecule has 1 saturated heterocycles. The van der Waals surface area contributed by atoms with Gasteiger partial charge in [0.1, 0.15) is 5.82 Å². The molecule has 30 heavy (non-hydrogen) atoms. The van der Waals surface area contributed by atoms with Gasteiger partial charge in [-0.15, -0.1) is 0 Å². The van der Waals surface area contributed by atoms with Crippen molar-refractivity contribution in [1.82, 2.24) is 23.7 Å². The van der Waals surface area contributed by atoms with Crippen molar-refractivity contribution >= 4 is 51.5 Å². The van der Waals surface area contributed by atoms with Crippen LogP contribution in [0.25, 0.3) is 11.0 Å². The number of hydrogen-bond acceptors (Lipinski definition) is 6. The van der Waals surface area contributed by atoms with Gasteiger partial charge in [0.15, 0.2) is 0 Å². The van der Waals surface area contributed by atoms with E-state index in [1.54, 1.807) is 30.8 Å². The minimum Gasteiger partial charge on any atom is -0.330 e. The highest BCUT2D eigenvalue weighted by Gasteiger charge is 2.28. The zero-order chi connectivity index (χ0) is 22.2. The predicted octanol–water partition coefficient (Wildman–Crippen LogP) is 3.94. The number of halogens is 1. The van der Waals surface area contributed by atoms with Gasteiger partial charge in [-0.2, -0.15) is 0 Å². The number of nitrogens with zero attached hydrogens (tertiary/aromatic N) is 5. The van der Waals surface area contributed by atoms with Crippen LogP contribution in [0.3, 0.4) is 0 Å². The van der Waals surface area contributed by atoms with Crippen LogP contribution in [0, 0.1) is 0 Å². The number of fused-ring (bicyclic) bond motifs is 1. The number of amides is 2. The van der Waals surface area contributed by atoms with E-state index >= 15 is 0 Å². The number of imidazole rings is 1. The average molecular weight is 453 g/mol. The number of hydrogen-bond donors (Lipinski definition) is 1. The summed E-state index contributed by atoms with van der Waals surface area (Å²) in [5.41, 5.74) is 1.34. The standard InChI is InChI=1S/C20H29ClN6O2S/c1-20(2,3)17-22-15-11-13(21)14(12-16(15)27(17)19(29)24(4)5)23-18(28)30-26-9-7-25(6)8-10-26/h11-12H,7-10H2,1-6H3,(H,23,28). The first-order chi connectivity index (χ1) is 14.0. The summed E-state index contributed by atoms with van der Waals surface area (Å²) in [5.74, 6) is 0.641. The van der Waals surface area contributed by atoms with E-state index in [4.69, 9.17) is 11.6 Å². The first-order valence-corrected chi connectivity index (χ1v) is 11.0. The molecule has 1 N–H and O–H groups in total. The van der Waals surface area contributed by atoms with E-state index < -0.39 is 0 Å². The first kappa shape index (κ1) is 22.9. The average Bonchev–Trinajstić information content (AvgIpc) is 3.01. The van der Waals surface area contributed by atoms with E-state index in [0.717, 1.165) is 38.1 Å². The van der Waals surface area contributed by atoms with Crippen LogP contribution in [-0.4, -0.2) is 82.2 Å². The molecule has 1 aromatic heterocycles. The molecule has 0 saturated carbocycles. The fourth-order valence-corrected chi connectivity index (χ4v) is 4.16. The van der Waals surface area contributed by atoms with Crippen molar-refractivity contribution in [3.63, 3.8) is 0 Å². The zero-order valence-corrected chi connectivity index (χ0v) is 19.9. The Morgan fingerprint density at radius 3 is 2.37 bits per heavy atom. The maximum absolute atomic E-state index is 12.9. The Morgan fingerprint density at radius 2 is 1.80 bits per heavy atom. The van der Waals surface area contributed by atoms with Crippen LogP contribution in [0.1, 0.15) is 26.6 Å². The fraction of sp³-hybridized carbons (Fsp3) is 0.550. The highest BCUT2D eigenvalue weighted by atomic mass is 35.5. The molecule has 0 atom stereocenters. The third-order valence-corrected chi connectivity index (χ3v) is 6.10. The van der Waals surface area contributed by atoms with Gasteiger partial charge in [-0.25, -0.2) is 18.7 Å². The molecule has 2 aromatic rings. The molecule has 1 aliphatic heterocycles. The molecule has 0 spiro atoms. The molecule has 164 valence electrons. The summed E-state index contributed by atoms with van der Waals surface area (Å²) >= 11 is 7.60. The molecule has 8 nitrogen and oxygen atoms in total. The summed E-state index contributed by atoms with van der Waals surface area (Å²) in [6.45, 7) is 9.50. The van der Waals surface area contributed by atoms with Crippen molar-refractivity contribution in [2.24, 2.45) is 0 Å². The van der Waals surface area contributed by atoms with E-state index in [1.807, 2.05) is 25.1 Å². The third-order valence-electron chi connectivity index (χ3n) is 4.90. The summed E-state index contributed by atoms with van der Waals surface area (Å²) in [7, 11) is 5.47. The summed E-state index contributed by atoms with van der Waals surface area (Å²) in [6.07, 6.45) is 0. The summed E-state index contributed by atoms with van der Waals surface area (Å²) in [6, 6.07) is 3.22. The molecule has 0 radical (unpaired) electrons. The monoisotopic (exact) mass is 452 g/mol. The smallest absolute Gasteiger partial charge is 0.329 e. The van der Waals surface area contributed by atoms with Gasteiger partial charge in [0.25, 0.3) is 5.24 Å². The van der Waals surface area contributed by atoms with Crippen LogP contribution in [0.15, 0.2) is 12.1 Å². The van der Waals surface area contributed by atoms with Crippen molar-refractivity contribution in [2.45, 2.75) is 26.2 Å². The van der Waals surface area contributed by atoms with Gasteiger partial charge in [0.05, 0.1) is 21.7 Å². The van der Waals surface area contributed by atoms with E-state index in [9.17, 15) is 9.59 Å². The van der Waals surface area contributed by atoms with E-state index in [2.05, 4.69) is 22.2 Å². The second-order valence-electron chi connectivity index (χ2n) is 8.75. The number of likely N-dealkylation sites (N-methyl/N-ethyl adjacent to an activating group) is 1. The van der Waals surface area contributed by atoms with Crippen LogP contribution < -0.4 is 5.32 Å². The summed E-state index contributed by atoms with van der Waals surface area (Å²) in [4.78, 5) is 33.9. The van der Waals surface area contributed by atoms with Crippen molar-refractivity contribution in [3.8, 4) is 0 Å². The Hall–Kier alpha value is -1.81. The van der Waals surface area contributed by atoms with Gasteiger partial charge in [0.2, 0.25) is 0 Å². The predicted molar refractivity (Wildman–Crippen MR) is 124 cm³/mol. The van der Waals surface area contributed by atoms with E-state index in [-0.39, 0.29) is 16.7 Å². The van der Waals surface area contributed by atoms with Gasteiger partial charge in [-0.3, -0.25) is 4.79 Å². The molecule has 1 fully saturated rings. The maximum atomic E-state index is 12.9. The molecule has 0 unspecified atom stereocenters. The van der Waals surface area contributed by atoms with Crippen LogP contribution in [-0.2, 0) is 5.41 Å². The number of rotatable bonds is 2. The number of nitrogens with one attached hydrogen (secondary N) is 1. The minimum absolute atomic E-state index is 0.200. The van der Waals surface area contributed by atoms with Gasteiger partial charge in [-0.05, 0) is 19.2 Å². The number of anilines is 1. The number of piperazine rings is 1. The Bertz CT molecular complexity index is 960. The van der Waals surface area contributed by atoms with Crippen molar-refractivity contribution in [2.75, 3.05) is 52.6 Å². The normalized spacial score (nSPS) is 16.1. The minimum atomic E-state index is -0.349. The summed E-state index contributed by atoms with van der Waals surface area (Å²) < 4.78 is 3.63. The number of benzene rings is 1. The van der Waals surface area contributed by atoms with Crippen LogP contribution in [0.5, 0.6) is 0 Å². The fourth-order valence-electron chi connectivity index (χ4n) is 3.22. The topological polar surface area (TPSA) is 73.7 Å². The largest absolute Gasteiger partial charge is 0.330 e. The molecule has 0 aliphatic carbocycles. The SMILES string of the molecule is CN1CCN(SC(=O)Nc2cc3c(cc2Cl)nc(C(C)(C)C)n3C(=O)N(C)C)CC1. The Kier molecular flexibility index (Phi) is 6.66. The number of carbonyl (C=O) groups is 2. The quantitative estimate of drug-likeness (QED) is 0.695. The van der Waals surface area contributed by atoms with Gasteiger partial charge >= 0.3 is 6.03 Å². The lowest BCUT2D eigenvalue weighted by Gasteiger charge is -2.30. The molecule has 1 aliphatic rings. The van der Waals surface area contributed by atoms with E-state index in [1.165, 1.54) is 4.90 Å². The summed E-state index contributed by atoms with van der Waals surface area (Å²) in [5, 5.41) is 3.05.